The topological polar surface area (TPSA) is 93.1 Å². The molecule has 0 spiro atoms. The number of amides is 1. The molecular weight excluding hydrogens is 452 g/mol. The maximum absolute atomic E-state index is 13.3. The van der Waals surface area contributed by atoms with Crippen molar-refractivity contribution in [1.29, 1.82) is 0 Å². The molecule has 0 aromatic heterocycles. The zero-order chi connectivity index (χ0) is 25.3. The van der Waals surface area contributed by atoms with Crippen LogP contribution >= 0.6 is 0 Å². The second-order valence-corrected chi connectivity index (χ2v) is 11.5. The van der Waals surface area contributed by atoms with Gasteiger partial charge in [-0.2, -0.15) is 0 Å². The minimum Gasteiger partial charge on any atom is -0.464 e. The van der Waals surface area contributed by atoms with Gasteiger partial charge in [0.25, 0.3) is 15.9 Å². The van der Waals surface area contributed by atoms with E-state index in [1.807, 2.05) is 20.8 Å². The maximum atomic E-state index is 13.3. The zero-order valence-electron chi connectivity index (χ0n) is 20.6. The van der Waals surface area contributed by atoms with Gasteiger partial charge in [0.2, 0.25) is 0 Å². The summed E-state index contributed by atoms with van der Waals surface area (Å²) in [4.78, 5) is 29.7. The molecule has 0 saturated carbocycles. The molecular formula is C26H32N2O5S. The fourth-order valence-corrected chi connectivity index (χ4v) is 6.70. The molecule has 1 amide bonds. The highest BCUT2D eigenvalue weighted by molar-refractivity contribution is 7.91. The average molecular weight is 485 g/mol. The van der Waals surface area contributed by atoms with Crippen molar-refractivity contribution < 1.29 is 22.7 Å². The van der Waals surface area contributed by atoms with E-state index in [-0.39, 0.29) is 12.3 Å². The summed E-state index contributed by atoms with van der Waals surface area (Å²) in [7, 11) is -4.05. The van der Waals surface area contributed by atoms with Crippen molar-refractivity contribution in [2.24, 2.45) is 4.99 Å². The third kappa shape index (κ3) is 5.22. The highest BCUT2D eigenvalue weighted by Crippen LogP contribution is 2.38. The Bertz CT molecular complexity index is 1200. The lowest BCUT2D eigenvalue weighted by Gasteiger charge is -2.30. The van der Waals surface area contributed by atoms with Gasteiger partial charge in [-0.15, -0.1) is 0 Å². The van der Waals surface area contributed by atoms with Crippen LogP contribution in [0.15, 0.2) is 47.5 Å². The number of carbonyl (C=O) groups is 2. The van der Waals surface area contributed by atoms with Gasteiger partial charge in [0, 0.05) is 6.42 Å². The molecule has 8 heteroatoms. The first-order valence-electron chi connectivity index (χ1n) is 11.2. The average Bonchev–Trinajstić information content (AvgIpc) is 2.93. The summed E-state index contributed by atoms with van der Waals surface area (Å²) < 4.78 is 32.9. The normalized spacial score (nSPS) is 19.0. The molecule has 1 aliphatic rings. The zero-order valence-corrected chi connectivity index (χ0v) is 21.4. The van der Waals surface area contributed by atoms with Crippen molar-refractivity contribution in [2.75, 3.05) is 13.2 Å². The van der Waals surface area contributed by atoms with Crippen LogP contribution in [-0.4, -0.2) is 49.0 Å². The molecule has 0 N–H and O–H groups in total. The van der Waals surface area contributed by atoms with Gasteiger partial charge in [-0.05, 0) is 63.8 Å². The monoisotopic (exact) mass is 484 g/mol. The van der Waals surface area contributed by atoms with Gasteiger partial charge < -0.3 is 4.74 Å². The number of aliphatic imine (C=N–C) groups is 1. The van der Waals surface area contributed by atoms with E-state index in [4.69, 9.17) is 4.74 Å². The van der Waals surface area contributed by atoms with Crippen molar-refractivity contribution in [3.8, 4) is 0 Å². The molecule has 1 atom stereocenters. The van der Waals surface area contributed by atoms with Crippen molar-refractivity contribution in [2.45, 2.75) is 58.8 Å². The third-order valence-corrected chi connectivity index (χ3v) is 8.06. The Hall–Kier alpha value is -3.00. The summed E-state index contributed by atoms with van der Waals surface area (Å²) in [5, 5.41) is -1.26. The third-order valence-electron chi connectivity index (χ3n) is 5.75. The van der Waals surface area contributed by atoms with Crippen LogP contribution in [0.2, 0.25) is 0 Å². The van der Waals surface area contributed by atoms with E-state index >= 15 is 0 Å². The number of nitrogens with zero attached hydrogens (tertiary/aromatic N) is 2. The predicted molar refractivity (Wildman–Crippen MR) is 132 cm³/mol. The number of hydrogen-bond donors (Lipinski definition) is 0. The van der Waals surface area contributed by atoms with Gasteiger partial charge in [0.15, 0.2) is 5.25 Å². The number of carbonyl (C=O) groups excluding carboxylic acids is 2. The van der Waals surface area contributed by atoms with Gasteiger partial charge in [-0.25, -0.2) is 12.7 Å². The lowest BCUT2D eigenvalue weighted by Crippen LogP contribution is -2.45. The summed E-state index contributed by atoms with van der Waals surface area (Å²) in [5.41, 5.74) is 3.90. The fraction of sp³-hybridized carbons (Fsp3) is 0.423. The first-order chi connectivity index (χ1) is 15.8. The van der Waals surface area contributed by atoms with Crippen LogP contribution in [0.5, 0.6) is 0 Å². The number of ether oxygens (including phenoxy) is 1. The molecule has 3 rings (SSSR count). The predicted octanol–water partition coefficient (Wildman–Crippen LogP) is 3.85. The Morgan fingerprint density at radius 2 is 1.65 bits per heavy atom. The van der Waals surface area contributed by atoms with Crippen LogP contribution < -0.4 is 0 Å². The number of hydrogen-bond acceptors (Lipinski definition) is 6. The molecule has 2 aromatic rings. The lowest BCUT2D eigenvalue weighted by molar-refractivity contribution is -0.141. The number of esters is 1. The Morgan fingerprint density at radius 1 is 1.06 bits per heavy atom. The van der Waals surface area contributed by atoms with E-state index in [0.29, 0.717) is 12.0 Å². The molecule has 2 aromatic carbocycles. The van der Waals surface area contributed by atoms with Crippen LogP contribution in [0.3, 0.4) is 0 Å². The quantitative estimate of drug-likeness (QED) is 0.581. The second kappa shape index (κ2) is 9.70. The second-order valence-electron chi connectivity index (χ2n) is 9.63. The molecule has 0 radical (unpaired) electrons. The largest absolute Gasteiger partial charge is 0.464 e. The molecule has 182 valence electrons. The molecule has 1 fully saturated rings. The lowest BCUT2D eigenvalue weighted by atomic mass is 9.98. The molecule has 34 heavy (non-hydrogen) atoms. The Labute approximate surface area is 201 Å². The van der Waals surface area contributed by atoms with Crippen LogP contribution in [0.4, 0.5) is 0 Å². The molecule has 0 bridgehead atoms. The number of aryl methyl sites for hydroxylation is 3. The standard InChI is InChI=1S/C26H32N2O5S/c1-17-14-18(2)21(19(3)15-17)12-13-33-22(29)16-27-23-24(20-10-8-7-9-11-20)34(31,32)28(25(23)30)26(4,5)6/h7-11,14-15,24H,12-13,16H2,1-6H3. The van der Waals surface area contributed by atoms with Crippen molar-refractivity contribution in [3.05, 3.63) is 70.3 Å². The van der Waals surface area contributed by atoms with Gasteiger partial charge in [-0.1, -0.05) is 48.0 Å². The summed E-state index contributed by atoms with van der Waals surface area (Å²) in [6, 6.07) is 12.6. The SMILES string of the molecule is Cc1cc(C)c(CCOC(=O)CN=C2C(=O)N(C(C)(C)C)S(=O)(=O)C2c2ccccc2)c(C)c1. The van der Waals surface area contributed by atoms with Crippen molar-refractivity contribution in [3.63, 3.8) is 0 Å². The highest BCUT2D eigenvalue weighted by Gasteiger charge is 2.54. The summed E-state index contributed by atoms with van der Waals surface area (Å²) in [6.45, 7) is 10.8. The van der Waals surface area contributed by atoms with E-state index in [2.05, 4.69) is 17.1 Å². The minimum atomic E-state index is -4.05. The summed E-state index contributed by atoms with van der Waals surface area (Å²) >= 11 is 0. The molecule has 1 unspecified atom stereocenters. The molecule has 7 nitrogen and oxygen atoms in total. The summed E-state index contributed by atoms with van der Waals surface area (Å²) in [5.74, 6) is -1.32. The van der Waals surface area contributed by atoms with Gasteiger partial charge in [0.05, 0.1) is 12.1 Å². The van der Waals surface area contributed by atoms with E-state index in [9.17, 15) is 18.0 Å². The van der Waals surface area contributed by atoms with Crippen molar-refractivity contribution >= 4 is 27.6 Å². The van der Waals surface area contributed by atoms with Gasteiger partial charge >= 0.3 is 5.97 Å². The molecule has 1 aliphatic heterocycles. The molecule has 1 saturated heterocycles. The summed E-state index contributed by atoms with van der Waals surface area (Å²) in [6.07, 6.45) is 0.567. The maximum Gasteiger partial charge on any atom is 0.327 e. The van der Waals surface area contributed by atoms with Crippen LogP contribution in [0.25, 0.3) is 0 Å². The number of rotatable bonds is 6. The van der Waals surface area contributed by atoms with E-state index in [0.717, 1.165) is 21.0 Å². The van der Waals surface area contributed by atoms with E-state index in [1.54, 1.807) is 51.1 Å². The highest BCUT2D eigenvalue weighted by atomic mass is 32.2. The van der Waals surface area contributed by atoms with E-state index < -0.39 is 39.2 Å². The van der Waals surface area contributed by atoms with Crippen LogP contribution in [0, 0.1) is 20.8 Å². The Morgan fingerprint density at radius 3 is 2.21 bits per heavy atom. The van der Waals surface area contributed by atoms with E-state index in [1.165, 1.54) is 5.56 Å². The molecule has 1 heterocycles. The number of sulfonamides is 1. The minimum absolute atomic E-state index is 0.164. The Balaban J connectivity index is 1.78. The fourth-order valence-electron chi connectivity index (χ4n) is 4.44. The first kappa shape index (κ1) is 25.6. The van der Waals surface area contributed by atoms with Gasteiger partial charge in [-0.3, -0.25) is 14.6 Å². The van der Waals surface area contributed by atoms with Crippen molar-refractivity contribution in [1.82, 2.24) is 4.31 Å². The first-order valence-corrected chi connectivity index (χ1v) is 12.7. The van der Waals surface area contributed by atoms with Gasteiger partial charge in [0.1, 0.15) is 12.3 Å². The molecule has 0 aliphatic carbocycles. The van der Waals surface area contributed by atoms with Crippen LogP contribution in [0.1, 0.15) is 53.8 Å². The smallest absolute Gasteiger partial charge is 0.327 e. The number of benzene rings is 2. The van der Waals surface area contributed by atoms with Crippen LogP contribution in [-0.2, 0) is 30.8 Å². The Kier molecular flexibility index (Phi) is 7.31.